The molecule has 0 aromatic carbocycles. The molecule has 0 amide bonds. The van der Waals surface area contributed by atoms with Crippen LogP contribution in [0.3, 0.4) is 0 Å². The third-order valence-electron chi connectivity index (χ3n) is 3.63. The largest absolute Gasteiger partial charge is 0.323 e. The van der Waals surface area contributed by atoms with Gasteiger partial charge in [-0.05, 0) is 46.8 Å². The fourth-order valence-corrected chi connectivity index (χ4v) is 5.34. The van der Waals surface area contributed by atoms with Crippen LogP contribution in [0.15, 0.2) is 22.0 Å². The molecule has 0 spiro atoms. The van der Waals surface area contributed by atoms with Gasteiger partial charge in [-0.1, -0.05) is 6.92 Å². The molecule has 3 aromatic rings. The summed E-state index contributed by atoms with van der Waals surface area (Å²) >= 11 is 7.28. The van der Waals surface area contributed by atoms with Crippen molar-refractivity contribution in [2.75, 3.05) is 0 Å². The van der Waals surface area contributed by atoms with Crippen molar-refractivity contribution < 1.29 is 0 Å². The number of nitrogens with zero attached hydrogens (tertiary/aromatic N) is 2. The van der Waals surface area contributed by atoms with Crippen LogP contribution in [-0.4, -0.2) is 9.78 Å². The number of thiophene rings is 2. The molecule has 2 N–H and O–H groups in total. The second-order valence-corrected chi connectivity index (χ2v) is 7.84. The number of nitrogens with two attached hydrogens (primary N) is 1. The highest BCUT2D eigenvalue weighted by atomic mass is 79.9. The van der Waals surface area contributed by atoms with Gasteiger partial charge in [0.25, 0.3) is 0 Å². The van der Waals surface area contributed by atoms with Gasteiger partial charge >= 0.3 is 0 Å². The van der Waals surface area contributed by atoms with E-state index >= 15 is 0 Å². The highest BCUT2D eigenvalue weighted by Gasteiger charge is 2.19. The Morgan fingerprint density at radius 3 is 2.86 bits per heavy atom. The number of hydrogen-bond acceptors (Lipinski definition) is 4. The summed E-state index contributed by atoms with van der Waals surface area (Å²) in [6.07, 6.45) is 1.75. The monoisotopic (exact) mass is 383 g/mol. The maximum absolute atomic E-state index is 6.45. The van der Waals surface area contributed by atoms with E-state index in [-0.39, 0.29) is 6.04 Å². The van der Waals surface area contributed by atoms with E-state index in [0.29, 0.717) is 0 Å². The first kappa shape index (κ1) is 15.2. The lowest BCUT2D eigenvalue weighted by Gasteiger charge is -2.11. The van der Waals surface area contributed by atoms with Crippen molar-refractivity contribution in [3.63, 3.8) is 0 Å². The molecule has 0 saturated carbocycles. The van der Waals surface area contributed by atoms with Gasteiger partial charge in [-0.3, -0.25) is 4.68 Å². The summed E-state index contributed by atoms with van der Waals surface area (Å²) in [6.45, 7) is 5.12. The lowest BCUT2D eigenvalue weighted by atomic mass is 10.1. The second-order valence-electron chi connectivity index (χ2n) is 4.99. The van der Waals surface area contributed by atoms with Gasteiger partial charge in [0.1, 0.15) is 0 Å². The van der Waals surface area contributed by atoms with Crippen molar-refractivity contribution in [2.24, 2.45) is 5.73 Å². The Morgan fingerprint density at radius 2 is 2.19 bits per heavy atom. The molecule has 112 valence electrons. The maximum Gasteiger partial charge on any atom is 0.0766 e. The standard InChI is InChI=1S/C15H18BrN3S2/c1-3-10-15(16)11(19(4-2)18-10)7-9(17)13-8-14-12(21-13)5-6-20-14/h5-6,8-9H,3-4,7,17H2,1-2H3. The first-order valence-corrected chi connectivity index (χ1v) is 9.59. The average molecular weight is 384 g/mol. The van der Waals surface area contributed by atoms with E-state index in [4.69, 9.17) is 5.73 Å². The summed E-state index contributed by atoms with van der Waals surface area (Å²) in [4.78, 5) is 1.26. The molecule has 0 aliphatic carbocycles. The molecule has 0 saturated heterocycles. The molecule has 0 aliphatic rings. The number of fused-ring (bicyclic) bond motifs is 1. The zero-order valence-electron chi connectivity index (χ0n) is 12.1. The van der Waals surface area contributed by atoms with E-state index in [1.54, 1.807) is 22.7 Å². The van der Waals surface area contributed by atoms with Crippen LogP contribution in [0.25, 0.3) is 9.40 Å². The zero-order valence-corrected chi connectivity index (χ0v) is 15.3. The molecule has 3 heterocycles. The Bertz CT molecular complexity index is 728. The van der Waals surface area contributed by atoms with Gasteiger partial charge < -0.3 is 5.73 Å². The summed E-state index contributed by atoms with van der Waals surface area (Å²) in [7, 11) is 0. The van der Waals surface area contributed by atoms with E-state index in [9.17, 15) is 0 Å². The molecule has 1 unspecified atom stereocenters. The van der Waals surface area contributed by atoms with E-state index in [1.165, 1.54) is 20.0 Å². The van der Waals surface area contributed by atoms with Crippen LogP contribution in [0, 0.1) is 0 Å². The van der Waals surface area contributed by atoms with Crippen LogP contribution in [0.5, 0.6) is 0 Å². The number of aryl methyl sites for hydroxylation is 2. The molecular weight excluding hydrogens is 366 g/mol. The minimum Gasteiger partial charge on any atom is -0.323 e. The van der Waals surface area contributed by atoms with Crippen molar-refractivity contribution in [3.8, 4) is 0 Å². The Kier molecular flexibility index (Phi) is 4.49. The molecule has 6 heteroatoms. The summed E-state index contributed by atoms with van der Waals surface area (Å²) in [6, 6.07) is 4.43. The summed E-state index contributed by atoms with van der Waals surface area (Å²) in [5.74, 6) is 0. The number of hydrogen-bond donors (Lipinski definition) is 1. The predicted molar refractivity (Wildman–Crippen MR) is 95.3 cm³/mol. The molecule has 0 bridgehead atoms. The molecule has 21 heavy (non-hydrogen) atoms. The SMILES string of the molecule is CCc1nn(CC)c(CC(N)c2cc3sccc3s2)c1Br. The van der Waals surface area contributed by atoms with Gasteiger partial charge in [0.15, 0.2) is 0 Å². The summed E-state index contributed by atoms with van der Waals surface area (Å²) < 4.78 is 5.87. The second kappa shape index (κ2) is 6.20. The van der Waals surface area contributed by atoms with Crippen LogP contribution in [-0.2, 0) is 19.4 Å². The van der Waals surface area contributed by atoms with Crippen molar-refractivity contribution >= 4 is 48.0 Å². The van der Waals surface area contributed by atoms with E-state index in [0.717, 1.165) is 29.6 Å². The minimum absolute atomic E-state index is 0.0256. The average Bonchev–Trinajstić information content (AvgIpc) is 3.13. The molecule has 1 atom stereocenters. The van der Waals surface area contributed by atoms with Gasteiger partial charge in [-0.15, -0.1) is 22.7 Å². The topological polar surface area (TPSA) is 43.8 Å². The molecule has 3 aromatic heterocycles. The lowest BCUT2D eigenvalue weighted by Crippen LogP contribution is -2.15. The molecule has 0 radical (unpaired) electrons. The summed E-state index contributed by atoms with van der Waals surface area (Å²) in [5.41, 5.74) is 8.77. The van der Waals surface area contributed by atoms with Crippen LogP contribution >= 0.6 is 38.6 Å². The van der Waals surface area contributed by atoms with Crippen LogP contribution in [0.2, 0.25) is 0 Å². The van der Waals surface area contributed by atoms with Gasteiger partial charge in [0, 0.05) is 33.3 Å². The number of rotatable bonds is 5. The lowest BCUT2D eigenvalue weighted by molar-refractivity contribution is 0.587. The van der Waals surface area contributed by atoms with Crippen LogP contribution in [0.1, 0.15) is 36.2 Å². The van der Waals surface area contributed by atoms with Crippen molar-refractivity contribution in [1.29, 1.82) is 0 Å². The molecule has 0 aliphatic heterocycles. The van der Waals surface area contributed by atoms with Crippen molar-refractivity contribution in [1.82, 2.24) is 9.78 Å². The highest BCUT2D eigenvalue weighted by Crippen LogP contribution is 2.34. The highest BCUT2D eigenvalue weighted by molar-refractivity contribution is 9.10. The molecule has 3 rings (SSSR count). The molecular formula is C15H18BrN3S2. The zero-order chi connectivity index (χ0) is 15.0. The summed E-state index contributed by atoms with van der Waals surface area (Å²) in [5, 5.41) is 6.78. The van der Waals surface area contributed by atoms with Crippen molar-refractivity contribution in [2.45, 2.75) is 39.3 Å². The van der Waals surface area contributed by atoms with Gasteiger partial charge in [-0.2, -0.15) is 5.10 Å². The fourth-order valence-electron chi connectivity index (χ4n) is 2.49. The van der Waals surface area contributed by atoms with Gasteiger partial charge in [-0.25, -0.2) is 0 Å². The van der Waals surface area contributed by atoms with E-state index < -0.39 is 0 Å². The first-order valence-electron chi connectivity index (χ1n) is 7.10. The van der Waals surface area contributed by atoms with Crippen LogP contribution in [0.4, 0.5) is 0 Å². The predicted octanol–water partition coefficient (Wildman–Crippen LogP) is 4.75. The number of halogens is 1. The molecule has 3 nitrogen and oxygen atoms in total. The Morgan fingerprint density at radius 1 is 1.38 bits per heavy atom. The Hall–Kier alpha value is -0.690. The van der Waals surface area contributed by atoms with Crippen molar-refractivity contribution in [3.05, 3.63) is 38.3 Å². The number of aromatic nitrogens is 2. The maximum atomic E-state index is 6.45. The van der Waals surface area contributed by atoms with Gasteiger partial charge in [0.05, 0.1) is 15.9 Å². The quantitative estimate of drug-likeness (QED) is 0.690. The van der Waals surface area contributed by atoms with Crippen LogP contribution < -0.4 is 5.73 Å². The first-order chi connectivity index (χ1) is 10.1. The van der Waals surface area contributed by atoms with Gasteiger partial charge in [0.2, 0.25) is 0 Å². The smallest absolute Gasteiger partial charge is 0.0766 e. The third kappa shape index (κ3) is 2.82. The normalized spacial score (nSPS) is 13.1. The van der Waals surface area contributed by atoms with E-state index in [1.807, 2.05) is 0 Å². The Labute approximate surface area is 140 Å². The minimum atomic E-state index is 0.0256. The Balaban J connectivity index is 1.88. The van der Waals surface area contributed by atoms with E-state index in [2.05, 4.69) is 57.1 Å². The molecule has 0 fully saturated rings. The third-order valence-corrected chi connectivity index (χ3v) is 6.77. The fraction of sp³-hybridized carbons (Fsp3) is 0.400.